The lowest BCUT2D eigenvalue weighted by Crippen LogP contribution is -2.29. The first-order valence-electron chi connectivity index (χ1n) is 6.01. The summed E-state index contributed by atoms with van der Waals surface area (Å²) in [6.07, 6.45) is -0.702. The molecule has 108 valence electrons. The molecule has 0 bridgehead atoms. The van der Waals surface area contributed by atoms with Gasteiger partial charge in [0.05, 0.1) is 0 Å². The lowest BCUT2D eigenvalue weighted by molar-refractivity contribution is 0.144. The molecule has 0 aliphatic rings. The molecule has 2 atom stereocenters. The van der Waals surface area contributed by atoms with Crippen LogP contribution in [0.15, 0.2) is 33.2 Å². The highest BCUT2D eigenvalue weighted by atomic mass is 79.9. The first-order valence-corrected chi connectivity index (χ1v) is 6.81. The molecule has 0 aliphatic heterocycles. The molecule has 0 fully saturated rings. The topological polar surface area (TPSA) is 48.4 Å². The van der Waals surface area contributed by atoms with Crippen molar-refractivity contribution in [2.75, 3.05) is 0 Å². The Balaban J connectivity index is 2.34. The van der Waals surface area contributed by atoms with E-state index in [9.17, 15) is 8.78 Å². The van der Waals surface area contributed by atoms with Crippen molar-refractivity contribution >= 4 is 15.9 Å². The normalized spacial score (nSPS) is 14.1. The van der Waals surface area contributed by atoms with E-state index in [0.717, 1.165) is 6.07 Å². The highest BCUT2D eigenvalue weighted by Gasteiger charge is 2.24. The zero-order valence-electron chi connectivity index (χ0n) is 11.0. The monoisotopic (exact) mass is 345 g/mol. The van der Waals surface area contributed by atoms with Gasteiger partial charge in [-0.2, -0.15) is 4.39 Å². The van der Waals surface area contributed by atoms with Gasteiger partial charge in [-0.05, 0) is 38.1 Å². The molecular weight excluding hydrogens is 332 g/mol. The van der Waals surface area contributed by atoms with Crippen LogP contribution in [0.25, 0.3) is 0 Å². The summed E-state index contributed by atoms with van der Waals surface area (Å²) in [4.78, 5) is 0. The number of aryl methyl sites for hydroxylation is 1. The molecule has 0 amide bonds. The molecule has 0 aliphatic carbocycles. The minimum Gasteiger partial charge on any atom is -0.478 e. The summed E-state index contributed by atoms with van der Waals surface area (Å²) in [6.45, 7) is 3.48. The third-order valence-corrected chi connectivity index (χ3v) is 3.19. The highest BCUT2D eigenvalue weighted by Crippen LogP contribution is 2.31. The molecule has 6 heteroatoms. The minimum absolute atomic E-state index is 0.215. The minimum atomic E-state index is -1.05. The number of benzene rings is 1. The predicted molar refractivity (Wildman–Crippen MR) is 74.5 cm³/mol. The van der Waals surface area contributed by atoms with Crippen LogP contribution in [0.5, 0.6) is 5.75 Å². The van der Waals surface area contributed by atoms with Crippen LogP contribution in [0.1, 0.15) is 24.5 Å². The van der Waals surface area contributed by atoms with Crippen molar-refractivity contribution in [3.63, 3.8) is 0 Å². The van der Waals surface area contributed by atoms with E-state index in [1.807, 2.05) is 0 Å². The van der Waals surface area contributed by atoms with Crippen molar-refractivity contribution < 1.29 is 17.9 Å². The van der Waals surface area contributed by atoms with Crippen LogP contribution in [-0.2, 0) is 0 Å². The van der Waals surface area contributed by atoms with Gasteiger partial charge in [0.15, 0.2) is 17.7 Å². The first kappa shape index (κ1) is 15.0. The Morgan fingerprint density at radius 1 is 1.30 bits per heavy atom. The molecule has 0 spiro atoms. The lowest BCUT2D eigenvalue weighted by Gasteiger charge is -2.21. The Bertz CT molecular complexity index is 613. The Morgan fingerprint density at radius 3 is 2.55 bits per heavy atom. The zero-order chi connectivity index (χ0) is 14.9. The summed E-state index contributed by atoms with van der Waals surface area (Å²) in [5, 5.41) is 0. The molecule has 2 aromatic rings. The third kappa shape index (κ3) is 3.19. The van der Waals surface area contributed by atoms with Gasteiger partial charge in [0.2, 0.25) is 5.82 Å². The largest absolute Gasteiger partial charge is 0.478 e. The van der Waals surface area contributed by atoms with Crippen molar-refractivity contribution in [2.24, 2.45) is 5.73 Å². The second-order valence-electron chi connectivity index (χ2n) is 4.55. The van der Waals surface area contributed by atoms with Crippen LogP contribution >= 0.6 is 15.9 Å². The maximum absolute atomic E-state index is 13.7. The number of hydrogen-bond donors (Lipinski definition) is 1. The zero-order valence-corrected chi connectivity index (χ0v) is 12.6. The summed E-state index contributed by atoms with van der Waals surface area (Å²) < 4.78 is 38.4. The molecule has 1 aromatic carbocycles. The van der Waals surface area contributed by atoms with Gasteiger partial charge < -0.3 is 14.9 Å². The molecule has 0 saturated heterocycles. The summed E-state index contributed by atoms with van der Waals surface area (Å²) >= 11 is 3.09. The Hall–Kier alpha value is -1.40. The van der Waals surface area contributed by atoms with Crippen LogP contribution in [0.3, 0.4) is 0 Å². The van der Waals surface area contributed by atoms with Crippen molar-refractivity contribution in [1.29, 1.82) is 0 Å². The number of furan rings is 1. The van der Waals surface area contributed by atoms with Gasteiger partial charge in [0.1, 0.15) is 11.5 Å². The van der Waals surface area contributed by atoms with Crippen LogP contribution in [-0.4, -0.2) is 6.04 Å². The maximum Gasteiger partial charge on any atom is 0.200 e. The van der Waals surface area contributed by atoms with Crippen LogP contribution < -0.4 is 10.5 Å². The molecule has 1 aromatic heterocycles. The van der Waals surface area contributed by atoms with E-state index in [-0.39, 0.29) is 5.75 Å². The van der Waals surface area contributed by atoms with E-state index < -0.39 is 23.8 Å². The van der Waals surface area contributed by atoms with Crippen molar-refractivity contribution in [1.82, 2.24) is 0 Å². The van der Waals surface area contributed by atoms with E-state index in [1.165, 1.54) is 6.07 Å². The fourth-order valence-electron chi connectivity index (χ4n) is 1.79. The smallest absolute Gasteiger partial charge is 0.200 e. The van der Waals surface area contributed by atoms with E-state index >= 15 is 0 Å². The van der Waals surface area contributed by atoms with Crippen LogP contribution in [0, 0.1) is 18.6 Å². The van der Waals surface area contributed by atoms with Crippen molar-refractivity contribution in [3.8, 4) is 5.75 Å². The average molecular weight is 346 g/mol. The Kier molecular flexibility index (Phi) is 4.45. The molecule has 1 heterocycles. The quantitative estimate of drug-likeness (QED) is 0.848. The van der Waals surface area contributed by atoms with Crippen molar-refractivity contribution in [3.05, 3.63) is 51.9 Å². The fraction of sp³-hybridized carbons (Fsp3) is 0.286. The number of nitrogens with two attached hydrogens (primary N) is 1. The standard InChI is InChI=1S/C14H14BrF2NO2/c1-7-3-4-11(19-7)14(8(2)18)20-12-6-9(15)5-10(16)13(12)17/h3-6,8,14H,18H2,1-2H3. The Labute approximate surface area is 123 Å². The molecule has 2 N–H and O–H groups in total. The second kappa shape index (κ2) is 5.93. The van der Waals surface area contributed by atoms with E-state index in [1.54, 1.807) is 26.0 Å². The summed E-state index contributed by atoms with van der Waals surface area (Å²) in [5.41, 5.74) is 5.84. The van der Waals surface area contributed by atoms with Gasteiger partial charge in [-0.25, -0.2) is 4.39 Å². The fourth-order valence-corrected chi connectivity index (χ4v) is 2.19. The maximum atomic E-state index is 13.7. The average Bonchev–Trinajstić information content (AvgIpc) is 2.77. The summed E-state index contributed by atoms with van der Waals surface area (Å²) in [5.74, 6) is -1.10. The summed E-state index contributed by atoms with van der Waals surface area (Å²) in [6, 6.07) is 5.38. The molecule has 2 rings (SSSR count). The van der Waals surface area contributed by atoms with Gasteiger partial charge in [-0.15, -0.1) is 0 Å². The van der Waals surface area contributed by atoms with Gasteiger partial charge in [0.25, 0.3) is 0 Å². The van der Waals surface area contributed by atoms with Gasteiger partial charge in [-0.3, -0.25) is 0 Å². The molecule has 3 nitrogen and oxygen atoms in total. The predicted octanol–water partition coefficient (Wildman–Crippen LogP) is 4.10. The third-order valence-electron chi connectivity index (χ3n) is 2.73. The van der Waals surface area contributed by atoms with E-state index in [4.69, 9.17) is 14.9 Å². The van der Waals surface area contributed by atoms with Gasteiger partial charge >= 0.3 is 0 Å². The number of rotatable bonds is 4. The van der Waals surface area contributed by atoms with Crippen molar-refractivity contribution in [2.45, 2.75) is 26.0 Å². The van der Waals surface area contributed by atoms with E-state index in [2.05, 4.69) is 15.9 Å². The molecule has 2 unspecified atom stereocenters. The molecule has 0 saturated carbocycles. The lowest BCUT2D eigenvalue weighted by atomic mass is 10.1. The number of ether oxygens (including phenoxy) is 1. The molecular formula is C14H14BrF2NO2. The molecule has 20 heavy (non-hydrogen) atoms. The second-order valence-corrected chi connectivity index (χ2v) is 5.46. The van der Waals surface area contributed by atoms with Crippen LogP contribution in [0.2, 0.25) is 0 Å². The van der Waals surface area contributed by atoms with Crippen LogP contribution in [0.4, 0.5) is 8.78 Å². The number of hydrogen-bond acceptors (Lipinski definition) is 3. The SMILES string of the molecule is Cc1ccc(C(Oc2cc(Br)cc(F)c2F)C(C)N)o1. The molecule has 0 radical (unpaired) electrons. The van der Waals surface area contributed by atoms with E-state index in [0.29, 0.717) is 16.0 Å². The number of halogens is 3. The first-order chi connectivity index (χ1) is 9.38. The summed E-state index contributed by atoms with van der Waals surface area (Å²) in [7, 11) is 0. The van der Waals surface area contributed by atoms with Gasteiger partial charge in [-0.1, -0.05) is 15.9 Å². The Morgan fingerprint density at radius 2 is 2.00 bits per heavy atom. The van der Waals surface area contributed by atoms with Gasteiger partial charge in [0, 0.05) is 10.5 Å². The highest BCUT2D eigenvalue weighted by molar-refractivity contribution is 9.10.